The van der Waals surface area contributed by atoms with E-state index in [2.05, 4.69) is 5.32 Å². The van der Waals surface area contributed by atoms with Crippen LogP contribution in [0.4, 0.5) is 5.69 Å². The summed E-state index contributed by atoms with van der Waals surface area (Å²) in [5.74, 6) is 0. The van der Waals surface area contributed by atoms with E-state index in [-0.39, 0.29) is 56.6 Å². The van der Waals surface area contributed by atoms with Crippen LogP contribution in [0.5, 0.6) is 0 Å². The van der Waals surface area contributed by atoms with Crippen LogP contribution in [0.15, 0.2) is 42.5 Å². The summed E-state index contributed by atoms with van der Waals surface area (Å²) in [6, 6.07) is 12.0. The zero-order valence-electron chi connectivity index (χ0n) is 13.5. The molecule has 0 saturated carbocycles. The number of benzene rings is 2. The van der Waals surface area contributed by atoms with Gasteiger partial charge in [-0.1, -0.05) is 35.3 Å². The Morgan fingerprint density at radius 2 is 1.54 bits per heavy atom. The molecule has 0 fully saturated rings. The third kappa shape index (κ3) is 7.77. The Hall–Kier alpha value is -0.900. The quantitative estimate of drug-likeness (QED) is 0.433. The predicted molar refractivity (Wildman–Crippen MR) is 94.5 cm³/mol. The largest absolute Gasteiger partial charge is 1.00 e. The molecular weight excluding hydrogens is 418 g/mol. The number of anilines is 1. The third-order valence-corrected chi connectivity index (χ3v) is 4.55. The molecule has 0 aliphatic carbocycles. The van der Waals surface area contributed by atoms with Crippen LogP contribution in [0.25, 0.3) is 0 Å². The van der Waals surface area contributed by atoms with E-state index in [0.717, 1.165) is 0 Å². The second kappa shape index (κ2) is 12.5. The average molecular weight is 433 g/mol. The monoisotopic (exact) mass is 432 g/mol. The Kier molecular flexibility index (Phi) is 14.3. The van der Waals surface area contributed by atoms with Gasteiger partial charge in [-0.3, -0.25) is 0 Å². The number of rotatable bonds is 4. The maximum Gasteiger partial charge on any atom is 1.00 e. The number of halogens is 2. The summed E-state index contributed by atoms with van der Waals surface area (Å²) in [6.45, 7) is 0. The van der Waals surface area contributed by atoms with E-state index < -0.39 is 15.5 Å². The Morgan fingerprint density at radius 3 is 1.96 bits per heavy atom. The fraction of sp³-hybridized carbons (Fsp3) is 0.0714. The Labute approximate surface area is 182 Å². The summed E-state index contributed by atoms with van der Waals surface area (Å²) < 4.78 is 34.5. The van der Waals surface area contributed by atoms with Gasteiger partial charge >= 0.3 is 29.6 Å². The number of nitrogens with one attached hydrogen (secondary N) is 1. The van der Waals surface area contributed by atoms with Gasteiger partial charge in [-0.25, -0.2) is 8.42 Å². The first-order valence-electron chi connectivity index (χ1n) is 5.97. The van der Waals surface area contributed by atoms with Crippen molar-refractivity contribution in [3.63, 3.8) is 0 Å². The summed E-state index contributed by atoms with van der Waals surface area (Å²) in [5, 5.41) is 10.4. The molecule has 0 amide bonds. The van der Waals surface area contributed by atoms with Crippen molar-refractivity contribution in [2.45, 2.75) is 5.37 Å². The molecule has 12 heteroatoms. The van der Waals surface area contributed by atoms with Gasteiger partial charge in [-0.2, -0.15) is 5.26 Å². The molecule has 2 rings (SSSR count). The number of hydrogen-bond acceptors (Lipinski definition) is 5. The van der Waals surface area contributed by atoms with Gasteiger partial charge in [0.05, 0.1) is 21.7 Å². The number of hydrogen-bond donors (Lipinski definition) is 1. The molecule has 2 aromatic rings. The predicted octanol–water partition coefficient (Wildman–Crippen LogP) is -1.95. The van der Waals surface area contributed by atoms with E-state index in [1.54, 1.807) is 0 Å². The molecule has 7 N–H and O–H groups in total. The van der Waals surface area contributed by atoms with Gasteiger partial charge in [-0.15, -0.1) is 0 Å². The van der Waals surface area contributed by atoms with Crippen LogP contribution in [0, 0.1) is 11.3 Å². The zero-order chi connectivity index (χ0) is 16.3. The van der Waals surface area contributed by atoms with Gasteiger partial charge in [0.15, 0.2) is 0 Å². The van der Waals surface area contributed by atoms with Crippen LogP contribution in [0.3, 0.4) is 0 Å². The smallest absolute Gasteiger partial charge is 0.746 e. The van der Waals surface area contributed by atoms with E-state index in [1.807, 2.05) is 6.07 Å². The molecule has 0 radical (unpaired) electrons. The maximum absolute atomic E-state index is 11.5. The molecule has 0 bridgehead atoms. The molecule has 26 heavy (non-hydrogen) atoms. The maximum atomic E-state index is 11.5. The van der Waals surface area contributed by atoms with Crippen LogP contribution >= 0.6 is 23.2 Å². The molecule has 0 aliphatic heterocycles. The fourth-order valence-electron chi connectivity index (χ4n) is 1.79. The summed E-state index contributed by atoms with van der Waals surface area (Å²) in [6.07, 6.45) is 0. The molecule has 1 unspecified atom stereocenters. The van der Waals surface area contributed by atoms with Crippen LogP contribution < -0.4 is 34.9 Å². The minimum atomic E-state index is -4.68. The summed E-state index contributed by atoms with van der Waals surface area (Å²) in [5.41, 5.74) is 0.920. The minimum absolute atomic E-state index is 0. The third-order valence-electron chi connectivity index (χ3n) is 2.85. The number of nitriles is 1. The SMILES string of the molecule is N#Cc1ccc(C(Nc2ccc(Cl)c(Cl)c2)S(=O)(=O)[O-])cc1.O.O.O.[Na+]. The Morgan fingerprint density at radius 1 is 1.00 bits per heavy atom. The van der Waals surface area contributed by atoms with Crippen LogP contribution in [-0.2, 0) is 10.1 Å². The van der Waals surface area contributed by atoms with E-state index in [4.69, 9.17) is 28.5 Å². The van der Waals surface area contributed by atoms with Crippen LogP contribution in [0.1, 0.15) is 16.5 Å². The molecule has 8 nitrogen and oxygen atoms in total. The van der Waals surface area contributed by atoms with Gasteiger partial charge in [0, 0.05) is 5.69 Å². The minimum Gasteiger partial charge on any atom is -0.746 e. The molecule has 0 spiro atoms. The fourth-order valence-corrected chi connectivity index (χ4v) is 2.86. The van der Waals surface area contributed by atoms with E-state index in [9.17, 15) is 13.0 Å². The van der Waals surface area contributed by atoms with Crippen molar-refractivity contribution < 1.29 is 59.0 Å². The summed E-state index contributed by atoms with van der Waals surface area (Å²) in [4.78, 5) is 0. The standard InChI is InChI=1S/C14H10Cl2N2O3S.Na.3H2O/c15-12-6-5-11(7-13(12)16)18-14(22(19,20)21)10-3-1-9(8-17)2-4-10;;;;/h1-7,14,18H,(H,19,20,21);;3*1H2/q;+1;;;/p-1. The topological polar surface area (TPSA) is 188 Å². The summed E-state index contributed by atoms with van der Waals surface area (Å²) in [7, 11) is -4.68. The molecule has 0 aromatic heterocycles. The average Bonchev–Trinajstić information content (AvgIpc) is 2.47. The molecular formula is C14H15Cl2N2NaO6S. The zero-order valence-corrected chi connectivity index (χ0v) is 17.8. The number of nitrogens with zero attached hydrogens (tertiary/aromatic N) is 1. The van der Waals surface area contributed by atoms with Gasteiger partial charge in [-0.05, 0) is 35.9 Å². The Bertz CT molecular complexity index is 844. The Balaban J connectivity index is -0.00000132. The van der Waals surface area contributed by atoms with Gasteiger partial charge < -0.3 is 26.3 Å². The van der Waals surface area contributed by atoms with Crippen molar-refractivity contribution in [1.82, 2.24) is 0 Å². The molecule has 0 heterocycles. The van der Waals surface area contributed by atoms with Crippen LogP contribution in [0.2, 0.25) is 10.0 Å². The molecule has 138 valence electrons. The first-order valence-corrected chi connectivity index (χ1v) is 8.20. The second-order valence-electron chi connectivity index (χ2n) is 4.38. The van der Waals surface area contributed by atoms with Crippen molar-refractivity contribution in [3.05, 3.63) is 63.6 Å². The van der Waals surface area contributed by atoms with Crippen molar-refractivity contribution >= 4 is 39.0 Å². The first-order chi connectivity index (χ1) is 10.3. The van der Waals surface area contributed by atoms with Gasteiger partial charge in [0.25, 0.3) is 0 Å². The van der Waals surface area contributed by atoms with Gasteiger partial charge in [0.1, 0.15) is 15.5 Å². The van der Waals surface area contributed by atoms with Crippen LogP contribution in [-0.4, -0.2) is 29.4 Å². The molecule has 1 atom stereocenters. The first kappa shape index (κ1) is 29.8. The van der Waals surface area contributed by atoms with Crippen molar-refractivity contribution in [1.29, 1.82) is 5.26 Å². The second-order valence-corrected chi connectivity index (χ2v) is 6.65. The molecule has 0 saturated heterocycles. The molecule has 0 aliphatic rings. The van der Waals surface area contributed by atoms with Crippen molar-refractivity contribution in [3.8, 4) is 6.07 Å². The van der Waals surface area contributed by atoms with Crippen molar-refractivity contribution in [2.24, 2.45) is 0 Å². The van der Waals surface area contributed by atoms with E-state index in [1.165, 1.54) is 42.5 Å². The summed E-state index contributed by atoms with van der Waals surface area (Å²) >= 11 is 11.6. The van der Waals surface area contributed by atoms with E-state index >= 15 is 0 Å². The van der Waals surface area contributed by atoms with E-state index in [0.29, 0.717) is 16.3 Å². The molecule has 2 aromatic carbocycles. The van der Waals surface area contributed by atoms with Gasteiger partial charge in [0.2, 0.25) is 0 Å². The van der Waals surface area contributed by atoms with Crippen molar-refractivity contribution in [2.75, 3.05) is 5.32 Å². The normalized spacial score (nSPS) is 10.5.